The van der Waals surface area contributed by atoms with Gasteiger partial charge in [-0.25, -0.2) is 15.1 Å². The molecule has 1 aromatic heterocycles. The van der Waals surface area contributed by atoms with E-state index in [-0.39, 0.29) is 0 Å². The van der Waals surface area contributed by atoms with Crippen molar-refractivity contribution in [2.45, 2.75) is 0 Å². The first-order valence-corrected chi connectivity index (χ1v) is 1.83. The van der Waals surface area contributed by atoms with Crippen LogP contribution in [-0.4, -0.2) is 9.97 Å². The molecule has 35 valence electrons. The van der Waals surface area contributed by atoms with Crippen LogP contribution in [0.25, 0.3) is 0 Å². The van der Waals surface area contributed by atoms with Gasteiger partial charge in [0.1, 0.15) is 0 Å². The predicted molar refractivity (Wildman–Crippen MR) is 22.2 cm³/mol. The molecule has 1 rings (SSSR count). The number of rotatable bonds is 0. The Balaban J connectivity index is 3.02. The van der Waals surface area contributed by atoms with Gasteiger partial charge in [-0.3, -0.25) is 0 Å². The largest absolute Gasteiger partial charge is 0.366 e. The minimum Gasteiger partial charge on any atom is -0.244 e. The average molecular weight is 95.1 g/mol. The molecule has 0 fully saturated rings. The second-order valence-corrected chi connectivity index (χ2v) is 1.03. The Hall–Kier alpha value is -1.12. The van der Waals surface area contributed by atoms with E-state index in [1.807, 2.05) is 0 Å². The lowest BCUT2D eigenvalue weighted by Crippen LogP contribution is -1.71. The Morgan fingerprint density at radius 2 is 1.86 bits per heavy atom. The summed E-state index contributed by atoms with van der Waals surface area (Å²) in [6, 6.07) is 1.17. The van der Waals surface area contributed by atoms with E-state index in [4.69, 9.17) is 0 Å². The quantitative estimate of drug-likeness (QED) is 0.474. The molecule has 3 heteroatoms. The van der Waals surface area contributed by atoms with Crippen LogP contribution in [0.4, 0.5) is 0 Å². The standard InChI is InChI=1S/C4H3N2O/c7-4-5-2-1-3-6-4/h1-3H. The highest BCUT2D eigenvalue weighted by atomic mass is 16.3. The zero-order valence-corrected chi connectivity index (χ0v) is 3.53. The molecule has 0 saturated carbocycles. The van der Waals surface area contributed by atoms with Crippen LogP contribution in [0.2, 0.25) is 0 Å². The average Bonchev–Trinajstić information content (AvgIpc) is 1.69. The zero-order valence-electron chi connectivity index (χ0n) is 3.53. The number of hydrogen-bond acceptors (Lipinski definition) is 2. The summed E-state index contributed by atoms with van der Waals surface area (Å²) in [4.78, 5) is 6.62. The van der Waals surface area contributed by atoms with Gasteiger partial charge in [-0.15, -0.1) is 0 Å². The van der Waals surface area contributed by atoms with E-state index in [1.165, 1.54) is 12.4 Å². The molecule has 1 radical (unpaired) electrons. The van der Waals surface area contributed by atoms with Crippen molar-refractivity contribution in [2.24, 2.45) is 0 Å². The molecule has 0 aliphatic carbocycles. The summed E-state index contributed by atoms with van der Waals surface area (Å²) in [5, 5.41) is 10.0. The van der Waals surface area contributed by atoms with Crippen LogP contribution in [0.1, 0.15) is 0 Å². The Morgan fingerprint density at radius 3 is 2.14 bits per heavy atom. The molecular formula is C4H3N2O. The van der Waals surface area contributed by atoms with Gasteiger partial charge in [-0.1, -0.05) is 0 Å². The van der Waals surface area contributed by atoms with E-state index in [1.54, 1.807) is 6.07 Å². The summed E-state index contributed by atoms with van der Waals surface area (Å²) in [7, 11) is 0. The topological polar surface area (TPSA) is 45.7 Å². The number of aromatic nitrogens is 2. The third kappa shape index (κ3) is 0.855. The van der Waals surface area contributed by atoms with E-state index in [0.29, 0.717) is 0 Å². The maximum Gasteiger partial charge on any atom is 0.366 e. The number of hydrogen-bond donors (Lipinski definition) is 0. The van der Waals surface area contributed by atoms with Crippen molar-refractivity contribution < 1.29 is 5.11 Å². The fraction of sp³-hybridized carbons (Fsp3) is 0. The molecule has 7 heavy (non-hydrogen) atoms. The van der Waals surface area contributed by atoms with Gasteiger partial charge in [0.25, 0.3) is 0 Å². The molecule has 1 aromatic rings. The summed E-state index contributed by atoms with van der Waals surface area (Å²) in [5.74, 6) is 0. The molecule has 0 aliphatic heterocycles. The summed E-state index contributed by atoms with van der Waals surface area (Å²) in [6.07, 6.45) is 2.82. The maximum atomic E-state index is 10.0. The van der Waals surface area contributed by atoms with Gasteiger partial charge >= 0.3 is 6.01 Å². The molecule has 0 saturated heterocycles. The molecule has 0 unspecified atom stereocenters. The molecule has 0 atom stereocenters. The third-order valence-electron chi connectivity index (χ3n) is 0.542. The molecule has 0 aliphatic rings. The van der Waals surface area contributed by atoms with E-state index < -0.39 is 6.01 Å². The van der Waals surface area contributed by atoms with Crippen LogP contribution in [-0.2, 0) is 5.11 Å². The van der Waals surface area contributed by atoms with Crippen molar-refractivity contribution in [1.29, 1.82) is 0 Å². The lowest BCUT2D eigenvalue weighted by Gasteiger charge is -1.76. The SMILES string of the molecule is [O]c1ncccn1. The smallest absolute Gasteiger partial charge is 0.244 e. The van der Waals surface area contributed by atoms with Gasteiger partial charge in [-0.2, -0.15) is 0 Å². The van der Waals surface area contributed by atoms with Gasteiger partial charge in [-0.05, 0) is 6.07 Å². The lowest BCUT2D eigenvalue weighted by molar-refractivity contribution is 0.319. The van der Waals surface area contributed by atoms with Gasteiger partial charge in [0.2, 0.25) is 0 Å². The van der Waals surface area contributed by atoms with Crippen LogP contribution in [0, 0.1) is 0 Å². The summed E-state index contributed by atoms with van der Waals surface area (Å²) in [5.41, 5.74) is 0. The minimum atomic E-state index is -0.428. The van der Waals surface area contributed by atoms with Crippen LogP contribution >= 0.6 is 0 Å². The Labute approximate surface area is 40.7 Å². The van der Waals surface area contributed by atoms with E-state index in [0.717, 1.165) is 0 Å². The van der Waals surface area contributed by atoms with Crippen LogP contribution in [0.5, 0.6) is 6.01 Å². The van der Waals surface area contributed by atoms with Crippen molar-refractivity contribution in [3.05, 3.63) is 18.5 Å². The van der Waals surface area contributed by atoms with Crippen molar-refractivity contribution in [1.82, 2.24) is 9.97 Å². The van der Waals surface area contributed by atoms with Gasteiger partial charge < -0.3 is 0 Å². The van der Waals surface area contributed by atoms with Crippen molar-refractivity contribution in [3.63, 3.8) is 0 Å². The maximum absolute atomic E-state index is 10.0. The summed E-state index contributed by atoms with van der Waals surface area (Å²) >= 11 is 0. The molecule has 0 N–H and O–H groups in total. The van der Waals surface area contributed by atoms with Crippen LogP contribution < -0.4 is 0 Å². The Bertz CT molecular complexity index is 140. The van der Waals surface area contributed by atoms with E-state index >= 15 is 0 Å². The first kappa shape index (κ1) is 4.05. The third-order valence-corrected chi connectivity index (χ3v) is 0.542. The second-order valence-electron chi connectivity index (χ2n) is 1.03. The molecule has 0 amide bonds. The summed E-state index contributed by atoms with van der Waals surface area (Å²) < 4.78 is 0. The molecule has 0 spiro atoms. The first-order valence-electron chi connectivity index (χ1n) is 1.83. The molecule has 0 bridgehead atoms. The zero-order chi connectivity index (χ0) is 5.11. The van der Waals surface area contributed by atoms with Gasteiger partial charge in [0, 0.05) is 12.4 Å². The van der Waals surface area contributed by atoms with Crippen LogP contribution in [0.15, 0.2) is 18.5 Å². The highest BCUT2D eigenvalue weighted by Gasteiger charge is 1.82. The molecule has 3 nitrogen and oxygen atoms in total. The van der Waals surface area contributed by atoms with Gasteiger partial charge in [0.15, 0.2) is 0 Å². The Kier molecular flexibility index (Phi) is 0.898. The molecular weight excluding hydrogens is 92.1 g/mol. The predicted octanol–water partition coefficient (Wildman–Crippen LogP) is 0.620. The Morgan fingerprint density at radius 1 is 1.29 bits per heavy atom. The van der Waals surface area contributed by atoms with Crippen LogP contribution in [0.3, 0.4) is 0 Å². The number of nitrogens with zero attached hydrogens (tertiary/aromatic N) is 2. The summed E-state index contributed by atoms with van der Waals surface area (Å²) in [6.45, 7) is 0. The molecule has 0 aromatic carbocycles. The highest BCUT2D eigenvalue weighted by Crippen LogP contribution is 1.91. The van der Waals surface area contributed by atoms with Crippen molar-refractivity contribution in [2.75, 3.05) is 0 Å². The highest BCUT2D eigenvalue weighted by molar-refractivity contribution is 4.89. The lowest BCUT2D eigenvalue weighted by atomic mass is 10.7. The van der Waals surface area contributed by atoms with Gasteiger partial charge in [0.05, 0.1) is 0 Å². The van der Waals surface area contributed by atoms with E-state index in [9.17, 15) is 5.11 Å². The monoisotopic (exact) mass is 95.0 g/mol. The normalized spacial score (nSPS) is 8.57. The van der Waals surface area contributed by atoms with E-state index in [2.05, 4.69) is 9.97 Å². The fourth-order valence-corrected chi connectivity index (χ4v) is 0.285. The first-order chi connectivity index (χ1) is 3.39. The van der Waals surface area contributed by atoms with Crippen molar-refractivity contribution >= 4 is 0 Å². The molecule has 1 heterocycles. The second kappa shape index (κ2) is 1.55. The fourth-order valence-electron chi connectivity index (χ4n) is 0.285. The van der Waals surface area contributed by atoms with Crippen molar-refractivity contribution in [3.8, 4) is 6.01 Å². The minimum absolute atomic E-state index is 0.428.